The fourth-order valence-electron chi connectivity index (χ4n) is 1.20. The maximum absolute atomic E-state index is 11.2. The Balaban J connectivity index is 2.43. The number of nitrogens with zero attached hydrogens (tertiary/aromatic N) is 2. The Bertz CT molecular complexity index is 159. The van der Waals surface area contributed by atoms with Crippen molar-refractivity contribution in [1.29, 1.82) is 0 Å². The van der Waals surface area contributed by atoms with Crippen molar-refractivity contribution >= 4 is 6.03 Å². The van der Waals surface area contributed by atoms with Crippen LogP contribution in [0.1, 0.15) is 6.42 Å². The van der Waals surface area contributed by atoms with Crippen LogP contribution in [0.15, 0.2) is 0 Å². The third-order valence-corrected chi connectivity index (χ3v) is 1.82. The molecule has 1 atom stereocenters. The van der Waals surface area contributed by atoms with Gasteiger partial charge in [0.1, 0.15) is 0 Å². The van der Waals surface area contributed by atoms with Crippen LogP contribution in [0.4, 0.5) is 4.79 Å². The second-order valence-corrected chi connectivity index (χ2v) is 3.07. The number of likely N-dealkylation sites (tertiary alicyclic amines) is 1. The predicted molar refractivity (Wildman–Crippen MR) is 41.3 cm³/mol. The third kappa shape index (κ3) is 1.83. The molecule has 0 aromatic rings. The van der Waals surface area contributed by atoms with Gasteiger partial charge in [0, 0.05) is 27.2 Å². The summed E-state index contributed by atoms with van der Waals surface area (Å²) >= 11 is 0. The number of urea groups is 1. The number of hydrogen-bond donors (Lipinski definition) is 1. The lowest BCUT2D eigenvalue weighted by atomic mass is 10.3. The molecule has 0 aromatic heterocycles. The molecular weight excluding hydrogens is 144 g/mol. The zero-order chi connectivity index (χ0) is 8.43. The Hall–Kier alpha value is -0.770. The predicted octanol–water partition coefficient (Wildman–Crippen LogP) is -0.265. The molecule has 1 heterocycles. The van der Waals surface area contributed by atoms with Crippen molar-refractivity contribution < 1.29 is 9.90 Å². The maximum atomic E-state index is 11.2. The van der Waals surface area contributed by atoms with Crippen LogP contribution in [-0.2, 0) is 0 Å². The molecule has 4 nitrogen and oxygen atoms in total. The second-order valence-electron chi connectivity index (χ2n) is 3.07. The van der Waals surface area contributed by atoms with Crippen LogP contribution in [0.2, 0.25) is 0 Å². The summed E-state index contributed by atoms with van der Waals surface area (Å²) in [6.45, 7) is 1.16. The van der Waals surface area contributed by atoms with E-state index in [9.17, 15) is 4.79 Å². The van der Waals surface area contributed by atoms with E-state index in [1.54, 1.807) is 19.0 Å². The molecule has 0 radical (unpaired) electrons. The first-order valence-electron chi connectivity index (χ1n) is 3.75. The van der Waals surface area contributed by atoms with E-state index in [1.165, 1.54) is 4.90 Å². The van der Waals surface area contributed by atoms with Gasteiger partial charge < -0.3 is 14.9 Å². The first-order valence-corrected chi connectivity index (χ1v) is 3.75. The van der Waals surface area contributed by atoms with E-state index in [4.69, 9.17) is 5.11 Å². The molecule has 4 heteroatoms. The van der Waals surface area contributed by atoms with Crippen molar-refractivity contribution in [2.75, 3.05) is 27.2 Å². The Morgan fingerprint density at radius 2 is 2.27 bits per heavy atom. The van der Waals surface area contributed by atoms with E-state index in [0.29, 0.717) is 19.5 Å². The molecule has 2 amide bonds. The van der Waals surface area contributed by atoms with Gasteiger partial charge in [0.15, 0.2) is 0 Å². The summed E-state index contributed by atoms with van der Waals surface area (Å²) in [5.74, 6) is 0. The monoisotopic (exact) mass is 158 g/mol. The van der Waals surface area contributed by atoms with Gasteiger partial charge in [-0.15, -0.1) is 0 Å². The van der Waals surface area contributed by atoms with Crippen LogP contribution in [0.5, 0.6) is 0 Å². The van der Waals surface area contributed by atoms with Crippen LogP contribution in [0.3, 0.4) is 0 Å². The fourth-order valence-corrected chi connectivity index (χ4v) is 1.20. The molecule has 0 bridgehead atoms. The smallest absolute Gasteiger partial charge is 0.319 e. The van der Waals surface area contributed by atoms with Crippen LogP contribution >= 0.6 is 0 Å². The average Bonchev–Trinajstić information content (AvgIpc) is 2.34. The number of hydrogen-bond acceptors (Lipinski definition) is 2. The highest BCUT2D eigenvalue weighted by Crippen LogP contribution is 2.09. The van der Waals surface area contributed by atoms with Gasteiger partial charge in [-0.1, -0.05) is 0 Å². The molecule has 0 aromatic carbocycles. The van der Waals surface area contributed by atoms with Gasteiger partial charge in [-0.2, -0.15) is 0 Å². The van der Waals surface area contributed by atoms with Gasteiger partial charge in [-0.25, -0.2) is 4.79 Å². The molecule has 0 spiro atoms. The molecule has 64 valence electrons. The minimum Gasteiger partial charge on any atom is -0.391 e. The van der Waals surface area contributed by atoms with Gasteiger partial charge in [0.05, 0.1) is 6.10 Å². The molecule has 1 saturated heterocycles. The minimum atomic E-state index is -0.320. The molecule has 0 unspecified atom stereocenters. The summed E-state index contributed by atoms with van der Waals surface area (Å²) in [6.07, 6.45) is 0.387. The third-order valence-electron chi connectivity index (χ3n) is 1.82. The van der Waals surface area contributed by atoms with Crippen LogP contribution in [0, 0.1) is 0 Å². The number of amides is 2. The second kappa shape index (κ2) is 3.09. The lowest BCUT2D eigenvalue weighted by Gasteiger charge is -2.20. The summed E-state index contributed by atoms with van der Waals surface area (Å²) in [6, 6.07) is -0.0125. The topological polar surface area (TPSA) is 43.8 Å². The highest BCUT2D eigenvalue weighted by Gasteiger charge is 2.25. The summed E-state index contributed by atoms with van der Waals surface area (Å²) in [5.41, 5.74) is 0. The van der Waals surface area contributed by atoms with E-state index in [-0.39, 0.29) is 12.1 Å². The molecule has 1 fully saturated rings. The van der Waals surface area contributed by atoms with Crippen LogP contribution in [0.25, 0.3) is 0 Å². The molecule has 11 heavy (non-hydrogen) atoms. The number of aliphatic hydroxyl groups excluding tert-OH is 1. The average molecular weight is 158 g/mol. The Labute approximate surface area is 66.4 Å². The lowest BCUT2D eigenvalue weighted by molar-refractivity contribution is 0.158. The SMILES string of the molecule is CN(C)C(=O)N1CC[C@@H](O)C1. The molecule has 1 aliphatic heterocycles. The van der Waals surface area contributed by atoms with E-state index in [2.05, 4.69) is 0 Å². The standard InChI is InChI=1S/C7H14N2O2/c1-8(2)7(11)9-4-3-6(10)5-9/h6,10H,3-5H2,1-2H3/t6-/m1/s1. The Morgan fingerprint density at radius 1 is 1.64 bits per heavy atom. The first kappa shape index (κ1) is 8.33. The van der Waals surface area contributed by atoms with Crippen molar-refractivity contribution in [3.05, 3.63) is 0 Å². The Kier molecular flexibility index (Phi) is 2.34. The highest BCUT2D eigenvalue weighted by molar-refractivity contribution is 5.74. The number of rotatable bonds is 0. The molecule has 1 rings (SSSR count). The van der Waals surface area contributed by atoms with Gasteiger partial charge in [0.25, 0.3) is 0 Å². The van der Waals surface area contributed by atoms with Crippen molar-refractivity contribution in [3.8, 4) is 0 Å². The van der Waals surface area contributed by atoms with E-state index in [1.807, 2.05) is 0 Å². The van der Waals surface area contributed by atoms with Gasteiger partial charge >= 0.3 is 6.03 Å². The normalized spacial score (nSPS) is 23.9. The number of aliphatic hydroxyl groups is 1. The molecular formula is C7H14N2O2. The maximum Gasteiger partial charge on any atom is 0.319 e. The van der Waals surface area contributed by atoms with Crippen LogP contribution < -0.4 is 0 Å². The van der Waals surface area contributed by atoms with Gasteiger partial charge in [-0.05, 0) is 6.42 Å². The van der Waals surface area contributed by atoms with Crippen LogP contribution in [-0.4, -0.2) is 54.2 Å². The summed E-state index contributed by atoms with van der Waals surface area (Å²) in [5, 5.41) is 9.12. The summed E-state index contributed by atoms with van der Waals surface area (Å²) < 4.78 is 0. The van der Waals surface area contributed by atoms with Crippen molar-refractivity contribution in [2.45, 2.75) is 12.5 Å². The number of β-amino-alcohol motifs (C(OH)–C–C–N with tert-alkyl or cyclic N) is 1. The molecule has 1 N–H and O–H groups in total. The first-order chi connectivity index (χ1) is 5.11. The summed E-state index contributed by atoms with van der Waals surface area (Å²) in [4.78, 5) is 14.4. The van der Waals surface area contributed by atoms with Crippen molar-refractivity contribution in [1.82, 2.24) is 9.80 Å². The largest absolute Gasteiger partial charge is 0.391 e. The zero-order valence-corrected chi connectivity index (χ0v) is 6.95. The van der Waals surface area contributed by atoms with Gasteiger partial charge in [0.2, 0.25) is 0 Å². The quantitative estimate of drug-likeness (QED) is 0.527. The zero-order valence-electron chi connectivity index (χ0n) is 6.95. The minimum absolute atomic E-state index is 0.0125. The van der Waals surface area contributed by atoms with E-state index in [0.717, 1.165) is 0 Å². The number of carbonyl (C=O) groups is 1. The van der Waals surface area contributed by atoms with E-state index >= 15 is 0 Å². The lowest BCUT2D eigenvalue weighted by Crippen LogP contribution is -2.37. The molecule has 1 aliphatic rings. The van der Waals surface area contributed by atoms with E-state index < -0.39 is 0 Å². The Morgan fingerprint density at radius 3 is 2.64 bits per heavy atom. The molecule has 0 saturated carbocycles. The fraction of sp³-hybridized carbons (Fsp3) is 0.857. The number of carbonyl (C=O) groups excluding carboxylic acids is 1. The molecule has 0 aliphatic carbocycles. The van der Waals surface area contributed by atoms with Gasteiger partial charge in [-0.3, -0.25) is 0 Å². The van der Waals surface area contributed by atoms with Crippen molar-refractivity contribution in [3.63, 3.8) is 0 Å². The summed E-state index contributed by atoms with van der Waals surface area (Å²) in [7, 11) is 3.43. The highest BCUT2D eigenvalue weighted by atomic mass is 16.3. The van der Waals surface area contributed by atoms with Crippen molar-refractivity contribution in [2.24, 2.45) is 0 Å².